The Hall–Kier alpha value is -3.17. The van der Waals surface area contributed by atoms with Gasteiger partial charge in [0.05, 0.1) is 36.4 Å². The third-order valence-electron chi connectivity index (χ3n) is 7.37. The van der Waals surface area contributed by atoms with E-state index in [1.54, 1.807) is 41.3 Å². The smallest absolute Gasteiger partial charge is 0.254 e. The topological polar surface area (TPSA) is 85.2 Å². The normalized spacial score (nSPS) is 18.0. The lowest BCUT2D eigenvalue weighted by atomic mass is 9.94. The average Bonchev–Trinajstić information content (AvgIpc) is 3.57. The minimum Gasteiger partial charge on any atom is -0.379 e. The maximum atomic E-state index is 14.4. The van der Waals surface area contributed by atoms with Crippen LogP contribution in [0.2, 0.25) is 0 Å². The molecule has 5 rings (SSSR count). The number of nitrogens with zero attached hydrogens (tertiary/aromatic N) is 5. The maximum Gasteiger partial charge on any atom is 0.254 e. The largest absolute Gasteiger partial charge is 0.379 e. The number of benzene rings is 1. The van der Waals surface area contributed by atoms with Crippen LogP contribution in [0.3, 0.4) is 0 Å². The van der Waals surface area contributed by atoms with Gasteiger partial charge in [0.15, 0.2) is 0 Å². The molecule has 1 saturated carbocycles. The van der Waals surface area contributed by atoms with Crippen molar-refractivity contribution < 1.29 is 13.9 Å². The van der Waals surface area contributed by atoms with E-state index in [2.05, 4.69) is 25.3 Å². The summed E-state index contributed by atoms with van der Waals surface area (Å²) in [5.74, 6) is -0.199. The summed E-state index contributed by atoms with van der Waals surface area (Å²) in [7, 11) is 0. The van der Waals surface area contributed by atoms with Crippen molar-refractivity contribution in [3.05, 3.63) is 59.8 Å². The number of morpholine rings is 1. The van der Waals surface area contributed by atoms with E-state index in [4.69, 9.17) is 4.74 Å². The van der Waals surface area contributed by atoms with E-state index in [1.165, 1.54) is 18.9 Å². The van der Waals surface area contributed by atoms with Gasteiger partial charge >= 0.3 is 0 Å². The second kappa shape index (κ2) is 10.4. The highest BCUT2D eigenvalue weighted by Gasteiger charge is 2.40. The fourth-order valence-electron chi connectivity index (χ4n) is 5.53. The number of amides is 1. The molecular weight excluding hydrogens is 459 g/mol. The third kappa shape index (κ3) is 4.77. The number of hydrogen-bond donors (Lipinski definition) is 1. The molecule has 9 heteroatoms. The van der Waals surface area contributed by atoms with Gasteiger partial charge in [0.25, 0.3) is 11.9 Å². The van der Waals surface area contributed by atoms with Crippen LogP contribution in [0.4, 0.5) is 4.39 Å². The first-order valence-corrected chi connectivity index (χ1v) is 12.8. The van der Waals surface area contributed by atoms with Crippen molar-refractivity contribution in [2.75, 3.05) is 32.8 Å². The monoisotopic (exact) mass is 492 g/mol. The Kier molecular flexibility index (Phi) is 7.11. The van der Waals surface area contributed by atoms with Crippen molar-refractivity contribution in [1.29, 1.82) is 0 Å². The number of hydrogen-bond acceptors (Lipinski definition) is 6. The van der Waals surface area contributed by atoms with Gasteiger partial charge < -0.3 is 10.1 Å². The quantitative estimate of drug-likeness (QED) is 0.537. The van der Waals surface area contributed by atoms with Crippen LogP contribution in [0.25, 0.3) is 17.2 Å². The Balaban J connectivity index is 1.40. The molecular formula is C27H33FN6O2. The van der Waals surface area contributed by atoms with Crippen molar-refractivity contribution in [2.45, 2.75) is 51.0 Å². The van der Waals surface area contributed by atoms with E-state index in [0.29, 0.717) is 29.3 Å². The summed E-state index contributed by atoms with van der Waals surface area (Å²) in [4.78, 5) is 24.9. The summed E-state index contributed by atoms with van der Waals surface area (Å²) >= 11 is 0. The maximum absolute atomic E-state index is 14.4. The molecule has 0 spiro atoms. The minimum atomic E-state index is -0.354. The molecule has 1 aromatic carbocycles. The van der Waals surface area contributed by atoms with Crippen LogP contribution in [0.15, 0.2) is 42.7 Å². The van der Waals surface area contributed by atoms with Crippen molar-refractivity contribution in [1.82, 2.24) is 30.0 Å². The van der Waals surface area contributed by atoms with E-state index in [0.717, 1.165) is 44.8 Å². The molecule has 36 heavy (non-hydrogen) atoms. The van der Waals surface area contributed by atoms with E-state index >= 15 is 0 Å². The van der Waals surface area contributed by atoms with Gasteiger partial charge in [0.1, 0.15) is 5.82 Å². The van der Waals surface area contributed by atoms with Crippen LogP contribution < -0.4 is 5.32 Å². The Morgan fingerprint density at radius 3 is 2.64 bits per heavy atom. The van der Waals surface area contributed by atoms with E-state index in [1.807, 2.05) is 13.8 Å². The molecule has 3 heterocycles. The summed E-state index contributed by atoms with van der Waals surface area (Å²) in [6, 6.07) is 8.16. The van der Waals surface area contributed by atoms with Gasteiger partial charge in [-0.15, -0.1) is 0 Å². The summed E-state index contributed by atoms with van der Waals surface area (Å²) in [6.45, 7) is 7.92. The van der Waals surface area contributed by atoms with E-state index in [9.17, 15) is 9.18 Å². The number of rotatable bonds is 7. The highest BCUT2D eigenvalue weighted by molar-refractivity contribution is 5.95. The first kappa shape index (κ1) is 24.5. The van der Waals surface area contributed by atoms with Crippen LogP contribution in [0.1, 0.15) is 61.5 Å². The Labute approximate surface area is 210 Å². The van der Waals surface area contributed by atoms with Crippen LogP contribution in [0.5, 0.6) is 0 Å². The number of halogens is 1. The van der Waals surface area contributed by atoms with E-state index < -0.39 is 0 Å². The molecule has 1 saturated heterocycles. The average molecular weight is 493 g/mol. The van der Waals surface area contributed by atoms with Crippen LogP contribution in [-0.4, -0.2) is 68.9 Å². The molecule has 8 nitrogen and oxygen atoms in total. The predicted molar refractivity (Wildman–Crippen MR) is 135 cm³/mol. The van der Waals surface area contributed by atoms with E-state index in [-0.39, 0.29) is 23.2 Å². The second-order valence-electron chi connectivity index (χ2n) is 9.95. The van der Waals surface area contributed by atoms with Gasteiger partial charge in [-0.05, 0) is 37.0 Å². The Morgan fingerprint density at radius 1 is 1.17 bits per heavy atom. The van der Waals surface area contributed by atoms with Crippen LogP contribution >= 0.6 is 0 Å². The van der Waals surface area contributed by atoms with Crippen molar-refractivity contribution in [3.63, 3.8) is 0 Å². The molecule has 190 valence electrons. The molecule has 0 atom stereocenters. The van der Waals surface area contributed by atoms with Gasteiger partial charge in [0, 0.05) is 36.9 Å². The van der Waals surface area contributed by atoms with Gasteiger partial charge in [0.2, 0.25) is 0 Å². The van der Waals surface area contributed by atoms with Crippen molar-refractivity contribution >= 4 is 5.91 Å². The van der Waals surface area contributed by atoms with Crippen molar-refractivity contribution in [3.8, 4) is 17.2 Å². The lowest BCUT2D eigenvalue weighted by Crippen LogP contribution is -2.57. The molecule has 2 aliphatic rings. The van der Waals surface area contributed by atoms with Gasteiger partial charge in [-0.1, -0.05) is 38.8 Å². The van der Waals surface area contributed by atoms with Crippen molar-refractivity contribution in [2.24, 2.45) is 0 Å². The molecule has 0 bridgehead atoms. The highest BCUT2D eigenvalue weighted by atomic mass is 19.1. The molecule has 0 unspecified atom stereocenters. The van der Waals surface area contributed by atoms with Gasteiger partial charge in [-0.2, -0.15) is 5.10 Å². The lowest BCUT2D eigenvalue weighted by molar-refractivity contribution is -0.0199. The predicted octanol–water partition coefficient (Wildman–Crippen LogP) is 3.97. The first-order valence-electron chi connectivity index (χ1n) is 12.8. The summed E-state index contributed by atoms with van der Waals surface area (Å²) < 4.78 is 21.5. The first-order chi connectivity index (χ1) is 17.5. The molecule has 3 aromatic rings. The highest BCUT2D eigenvalue weighted by Crippen LogP contribution is 2.35. The molecule has 1 aliphatic carbocycles. The molecule has 2 aromatic heterocycles. The number of carbonyl (C=O) groups is 1. The zero-order chi connectivity index (χ0) is 25.1. The lowest BCUT2D eigenvalue weighted by Gasteiger charge is -2.43. The molecule has 1 N–H and O–H groups in total. The molecule has 0 radical (unpaired) electrons. The van der Waals surface area contributed by atoms with Crippen LogP contribution in [0, 0.1) is 5.82 Å². The molecule has 2 fully saturated rings. The van der Waals surface area contributed by atoms with Crippen LogP contribution in [-0.2, 0) is 4.74 Å². The standard InChI is InChI=1S/C27H33FN6O2/c1-19(2)24-21(25(35)30-18-27(10-5-6-11-27)33-13-15-36-16-14-33)17-31-34(24)26-29-12-9-23(32-26)20-7-3-4-8-22(20)28/h3-4,7-9,12,17,19H,5-6,10-11,13-16,18H2,1-2H3,(H,30,35). The number of carbonyl (C=O) groups excluding carboxylic acids is 1. The zero-order valence-electron chi connectivity index (χ0n) is 20.9. The minimum absolute atomic E-state index is 0.00588. The fourth-order valence-corrected chi connectivity index (χ4v) is 5.53. The molecule has 1 aliphatic heterocycles. The summed E-state index contributed by atoms with van der Waals surface area (Å²) in [5, 5.41) is 7.70. The Bertz CT molecular complexity index is 1210. The van der Waals surface area contributed by atoms with Gasteiger partial charge in [-0.25, -0.2) is 19.0 Å². The number of aromatic nitrogens is 4. The Morgan fingerprint density at radius 2 is 1.92 bits per heavy atom. The van der Waals surface area contributed by atoms with Gasteiger partial charge in [-0.3, -0.25) is 9.69 Å². The SMILES string of the molecule is CC(C)c1c(C(=O)NCC2(N3CCOCC3)CCCC2)cnn1-c1nccc(-c2ccccc2F)n1. The second-order valence-corrected chi connectivity index (χ2v) is 9.95. The fraction of sp³-hybridized carbons (Fsp3) is 0.481. The number of ether oxygens (including phenoxy) is 1. The summed E-state index contributed by atoms with van der Waals surface area (Å²) in [5.41, 5.74) is 2.08. The summed E-state index contributed by atoms with van der Waals surface area (Å²) in [6.07, 6.45) is 7.69. The number of nitrogens with one attached hydrogen (secondary N) is 1. The molecule has 1 amide bonds. The third-order valence-corrected chi connectivity index (χ3v) is 7.37. The zero-order valence-corrected chi connectivity index (χ0v) is 20.9.